The summed E-state index contributed by atoms with van der Waals surface area (Å²) in [5.41, 5.74) is 1.00. The number of nitrogens with zero attached hydrogens (tertiary/aromatic N) is 3. The van der Waals surface area contributed by atoms with Crippen LogP contribution in [0, 0.1) is 24.7 Å². The third kappa shape index (κ3) is 7.86. The van der Waals surface area contributed by atoms with Crippen LogP contribution in [0.3, 0.4) is 0 Å². The molecular formula is C26H43N3O. The lowest BCUT2D eigenvalue weighted by Gasteiger charge is -2.24. The molecular weight excluding hydrogens is 370 g/mol. The fourth-order valence-electron chi connectivity index (χ4n) is 4.16. The van der Waals surface area contributed by atoms with E-state index in [4.69, 9.17) is 4.74 Å². The highest BCUT2D eigenvalue weighted by molar-refractivity contribution is 5.89. The van der Waals surface area contributed by atoms with Gasteiger partial charge in [-0.25, -0.2) is 9.97 Å². The molecule has 0 radical (unpaired) electrons. The topological polar surface area (TPSA) is 38.2 Å². The van der Waals surface area contributed by atoms with Crippen LogP contribution in [0.1, 0.15) is 71.5 Å². The first-order chi connectivity index (χ1) is 14.4. The largest absolute Gasteiger partial charge is 0.381 e. The minimum absolute atomic E-state index is 0.812. The highest BCUT2D eigenvalue weighted by atomic mass is 16.5. The van der Waals surface area contributed by atoms with Gasteiger partial charge in [0.15, 0.2) is 0 Å². The van der Waals surface area contributed by atoms with Crippen molar-refractivity contribution in [3.05, 3.63) is 30.1 Å². The standard InChI is InChI=1S/C11H13N3.C9H18.C6H12O/c1-8-12-10-7-5-4-6-9(10)11(13-8)14(2)3;1-3-9-6-4-8(2)5-7-9;1-2-6-3-4-7-5-6/h4-7H,1-3H3;8-9H,3-7H2,1-2H3;6H,2-5H2,1H3. The second-order valence-electron chi connectivity index (χ2n) is 9.18. The van der Waals surface area contributed by atoms with E-state index in [-0.39, 0.29) is 0 Å². The molecule has 1 atom stereocenters. The molecule has 1 aromatic heterocycles. The first-order valence-corrected chi connectivity index (χ1v) is 11.9. The van der Waals surface area contributed by atoms with Gasteiger partial charge in [-0.1, -0.05) is 71.4 Å². The SMILES string of the molecule is CCC1CCC(C)CC1.CCC1CCOC1.Cc1nc(N(C)C)c2ccccc2n1. The normalized spacial score (nSPS) is 23.2. The first-order valence-electron chi connectivity index (χ1n) is 11.9. The smallest absolute Gasteiger partial charge is 0.139 e. The number of para-hydroxylation sites is 1. The molecule has 1 aliphatic carbocycles. The summed E-state index contributed by atoms with van der Waals surface area (Å²) in [6.45, 7) is 10.8. The van der Waals surface area contributed by atoms with Crippen LogP contribution in [0.25, 0.3) is 10.9 Å². The molecule has 4 nitrogen and oxygen atoms in total. The van der Waals surface area contributed by atoms with Gasteiger partial charge in [0.05, 0.1) is 5.52 Å². The van der Waals surface area contributed by atoms with Crippen LogP contribution in [0.15, 0.2) is 24.3 Å². The summed E-state index contributed by atoms with van der Waals surface area (Å²) in [6.07, 6.45) is 9.95. The second kappa shape index (κ2) is 12.9. The lowest BCUT2D eigenvalue weighted by atomic mass is 9.82. The molecule has 0 amide bonds. The van der Waals surface area contributed by atoms with Gasteiger partial charge in [-0.05, 0) is 43.2 Å². The van der Waals surface area contributed by atoms with Gasteiger partial charge in [-0.2, -0.15) is 0 Å². The van der Waals surface area contributed by atoms with E-state index in [9.17, 15) is 0 Å². The zero-order chi connectivity index (χ0) is 21.9. The summed E-state index contributed by atoms with van der Waals surface area (Å²) in [5.74, 6) is 4.76. The molecule has 1 unspecified atom stereocenters. The van der Waals surface area contributed by atoms with Crippen molar-refractivity contribution in [2.75, 3.05) is 32.2 Å². The maximum Gasteiger partial charge on any atom is 0.139 e. The van der Waals surface area contributed by atoms with E-state index in [0.29, 0.717) is 0 Å². The number of rotatable bonds is 3. The van der Waals surface area contributed by atoms with Gasteiger partial charge in [0, 0.05) is 32.7 Å². The third-order valence-electron chi connectivity index (χ3n) is 6.43. The predicted molar refractivity (Wildman–Crippen MR) is 129 cm³/mol. The molecule has 2 heterocycles. The van der Waals surface area contributed by atoms with Crippen molar-refractivity contribution in [2.24, 2.45) is 17.8 Å². The third-order valence-corrected chi connectivity index (χ3v) is 6.43. The molecule has 30 heavy (non-hydrogen) atoms. The number of fused-ring (bicyclic) bond motifs is 1. The Morgan fingerprint density at radius 1 is 0.933 bits per heavy atom. The van der Waals surface area contributed by atoms with Crippen LogP contribution in [0.4, 0.5) is 5.82 Å². The minimum atomic E-state index is 0.812. The van der Waals surface area contributed by atoms with Crippen molar-refractivity contribution >= 4 is 16.7 Å². The van der Waals surface area contributed by atoms with Crippen molar-refractivity contribution in [3.63, 3.8) is 0 Å². The molecule has 4 rings (SSSR count). The van der Waals surface area contributed by atoms with Gasteiger partial charge in [-0.3, -0.25) is 0 Å². The zero-order valence-corrected chi connectivity index (χ0v) is 20.2. The van der Waals surface area contributed by atoms with E-state index < -0.39 is 0 Å². The van der Waals surface area contributed by atoms with Crippen LogP contribution in [-0.2, 0) is 4.74 Å². The maximum atomic E-state index is 5.15. The number of hydrogen-bond acceptors (Lipinski definition) is 4. The molecule has 0 N–H and O–H groups in total. The van der Waals surface area contributed by atoms with Crippen LogP contribution < -0.4 is 4.90 Å². The first kappa shape index (κ1) is 24.6. The lowest BCUT2D eigenvalue weighted by molar-refractivity contribution is 0.185. The summed E-state index contributed by atoms with van der Waals surface area (Å²) >= 11 is 0. The van der Waals surface area contributed by atoms with Gasteiger partial charge in [0.25, 0.3) is 0 Å². The Bertz CT molecular complexity index is 732. The number of aromatic nitrogens is 2. The Balaban J connectivity index is 0.000000173. The molecule has 1 saturated carbocycles. The predicted octanol–water partition coefficient (Wildman–Crippen LogP) is 6.66. The van der Waals surface area contributed by atoms with Crippen molar-refractivity contribution in [3.8, 4) is 0 Å². The summed E-state index contributed by atoms with van der Waals surface area (Å²) in [4.78, 5) is 10.8. The van der Waals surface area contributed by atoms with Gasteiger partial charge in [-0.15, -0.1) is 0 Å². The van der Waals surface area contributed by atoms with Crippen LogP contribution in [0.2, 0.25) is 0 Å². The molecule has 1 aromatic carbocycles. The molecule has 2 aromatic rings. The van der Waals surface area contributed by atoms with Gasteiger partial charge >= 0.3 is 0 Å². The minimum Gasteiger partial charge on any atom is -0.381 e. The number of anilines is 1. The average molecular weight is 414 g/mol. The highest BCUT2D eigenvalue weighted by Crippen LogP contribution is 2.29. The highest BCUT2D eigenvalue weighted by Gasteiger charge is 2.15. The average Bonchev–Trinajstić information content (AvgIpc) is 3.28. The Kier molecular flexibility index (Phi) is 10.6. The van der Waals surface area contributed by atoms with Crippen molar-refractivity contribution in [1.82, 2.24) is 9.97 Å². The molecule has 4 heteroatoms. The van der Waals surface area contributed by atoms with E-state index in [1.807, 2.05) is 50.2 Å². The maximum absolute atomic E-state index is 5.15. The van der Waals surface area contributed by atoms with Gasteiger partial charge in [0.1, 0.15) is 11.6 Å². The Morgan fingerprint density at radius 3 is 2.13 bits per heavy atom. The quantitative estimate of drug-likeness (QED) is 0.564. The van der Waals surface area contributed by atoms with E-state index in [1.165, 1.54) is 44.9 Å². The molecule has 1 aliphatic heterocycles. The molecule has 0 spiro atoms. The molecule has 1 saturated heterocycles. The van der Waals surface area contributed by atoms with E-state index in [1.54, 1.807) is 0 Å². The number of hydrogen-bond donors (Lipinski definition) is 0. The summed E-state index contributed by atoms with van der Waals surface area (Å²) in [7, 11) is 3.99. The van der Waals surface area contributed by atoms with E-state index in [0.717, 1.165) is 53.5 Å². The van der Waals surface area contributed by atoms with Crippen LogP contribution >= 0.6 is 0 Å². The van der Waals surface area contributed by atoms with E-state index in [2.05, 4.69) is 30.7 Å². The molecule has 168 valence electrons. The number of benzene rings is 1. The lowest BCUT2D eigenvalue weighted by Crippen LogP contribution is -2.12. The Morgan fingerprint density at radius 2 is 1.60 bits per heavy atom. The van der Waals surface area contributed by atoms with Gasteiger partial charge in [0.2, 0.25) is 0 Å². The molecule has 2 fully saturated rings. The Labute approximate surface area is 184 Å². The molecule has 0 bridgehead atoms. The summed E-state index contributed by atoms with van der Waals surface area (Å²) < 4.78 is 5.15. The van der Waals surface area contributed by atoms with Crippen molar-refractivity contribution < 1.29 is 4.74 Å². The number of aryl methyl sites for hydroxylation is 1. The fourth-order valence-corrected chi connectivity index (χ4v) is 4.16. The van der Waals surface area contributed by atoms with Crippen LogP contribution in [0.5, 0.6) is 0 Å². The van der Waals surface area contributed by atoms with Crippen molar-refractivity contribution in [2.45, 2.75) is 72.6 Å². The van der Waals surface area contributed by atoms with Gasteiger partial charge < -0.3 is 9.64 Å². The van der Waals surface area contributed by atoms with Crippen LogP contribution in [-0.4, -0.2) is 37.3 Å². The summed E-state index contributed by atoms with van der Waals surface area (Å²) in [5, 5.41) is 1.10. The Hall–Kier alpha value is -1.68. The van der Waals surface area contributed by atoms with Crippen molar-refractivity contribution in [1.29, 1.82) is 0 Å². The fraction of sp³-hybridized carbons (Fsp3) is 0.692. The number of ether oxygens (including phenoxy) is 1. The zero-order valence-electron chi connectivity index (χ0n) is 20.2. The molecule has 2 aliphatic rings. The second-order valence-corrected chi connectivity index (χ2v) is 9.18. The summed E-state index contributed by atoms with van der Waals surface area (Å²) in [6, 6.07) is 8.06. The van der Waals surface area contributed by atoms with E-state index >= 15 is 0 Å². The monoisotopic (exact) mass is 413 g/mol.